The van der Waals surface area contributed by atoms with Crippen LogP contribution in [0.5, 0.6) is 0 Å². The summed E-state index contributed by atoms with van der Waals surface area (Å²) in [7, 11) is 0. The van der Waals surface area contributed by atoms with Gasteiger partial charge in [0.25, 0.3) is 0 Å². The molecule has 0 aromatic rings. The Labute approximate surface area is 90.9 Å². The number of nitrogens with zero attached hydrogens (tertiary/aromatic N) is 1. The van der Waals surface area contributed by atoms with E-state index < -0.39 is 0 Å². The molecule has 86 valence electrons. The number of unbranched alkanes of at least 4 members (excludes halogenated alkanes) is 1. The summed E-state index contributed by atoms with van der Waals surface area (Å²) in [6.45, 7) is 8.54. The van der Waals surface area contributed by atoms with Gasteiger partial charge in [0.15, 0.2) is 0 Å². The minimum absolute atomic E-state index is 0.0509. The van der Waals surface area contributed by atoms with E-state index in [0.717, 1.165) is 12.8 Å². The van der Waals surface area contributed by atoms with Crippen molar-refractivity contribution in [3.8, 4) is 0 Å². The normalized spacial score (nSPS) is 9.47. The average Bonchev–Trinajstić information content (AvgIpc) is 2.22. The molecule has 1 amide bonds. The molecule has 0 fully saturated rings. The Hall–Kier alpha value is -1.32. The molecule has 0 bridgehead atoms. The third kappa shape index (κ3) is 6.71. The van der Waals surface area contributed by atoms with Gasteiger partial charge in [-0.25, -0.2) is 0 Å². The standard InChI is InChI=1S/C11H19NO3/c1-4-11(14)12(5-2)8-6-7-9-15-10(3)13/h4H,1,5-9H2,2-3H3. The zero-order valence-corrected chi connectivity index (χ0v) is 9.49. The fourth-order valence-corrected chi connectivity index (χ4v) is 1.17. The Morgan fingerprint density at radius 3 is 2.53 bits per heavy atom. The van der Waals surface area contributed by atoms with Gasteiger partial charge in [-0.05, 0) is 25.8 Å². The molecule has 15 heavy (non-hydrogen) atoms. The second-order valence-electron chi connectivity index (χ2n) is 3.17. The number of hydrogen-bond acceptors (Lipinski definition) is 3. The number of likely N-dealkylation sites (N-methyl/N-ethyl adjacent to an activating group) is 1. The van der Waals surface area contributed by atoms with Crippen LogP contribution in [0.2, 0.25) is 0 Å². The van der Waals surface area contributed by atoms with Crippen LogP contribution >= 0.6 is 0 Å². The molecule has 0 aromatic carbocycles. The molecule has 0 spiro atoms. The van der Waals surface area contributed by atoms with Crippen molar-refractivity contribution in [3.05, 3.63) is 12.7 Å². The first-order valence-electron chi connectivity index (χ1n) is 5.16. The van der Waals surface area contributed by atoms with Crippen LogP contribution < -0.4 is 0 Å². The number of rotatable bonds is 7. The highest BCUT2D eigenvalue weighted by Gasteiger charge is 2.06. The number of esters is 1. The van der Waals surface area contributed by atoms with Gasteiger partial charge in [-0.2, -0.15) is 0 Å². The Morgan fingerprint density at radius 1 is 1.40 bits per heavy atom. The van der Waals surface area contributed by atoms with Gasteiger partial charge in [-0.3, -0.25) is 9.59 Å². The molecule has 0 atom stereocenters. The number of carbonyl (C=O) groups is 2. The average molecular weight is 213 g/mol. The summed E-state index contributed by atoms with van der Waals surface area (Å²) in [6, 6.07) is 0. The van der Waals surface area contributed by atoms with E-state index in [-0.39, 0.29) is 11.9 Å². The van der Waals surface area contributed by atoms with Crippen LogP contribution in [0.1, 0.15) is 26.7 Å². The molecule has 0 aliphatic rings. The largest absolute Gasteiger partial charge is 0.466 e. The molecular weight excluding hydrogens is 194 g/mol. The predicted octanol–water partition coefficient (Wildman–Crippen LogP) is 1.36. The first kappa shape index (κ1) is 13.7. The highest BCUT2D eigenvalue weighted by molar-refractivity contribution is 5.86. The lowest BCUT2D eigenvalue weighted by Crippen LogP contribution is -2.30. The van der Waals surface area contributed by atoms with E-state index in [1.807, 2.05) is 6.92 Å². The second-order valence-corrected chi connectivity index (χ2v) is 3.17. The Bertz CT molecular complexity index is 226. The molecule has 0 aliphatic carbocycles. The zero-order valence-electron chi connectivity index (χ0n) is 9.49. The fraction of sp³-hybridized carbons (Fsp3) is 0.636. The predicted molar refractivity (Wildman–Crippen MR) is 58.3 cm³/mol. The summed E-state index contributed by atoms with van der Waals surface area (Å²) in [5.41, 5.74) is 0. The maximum atomic E-state index is 11.2. The Balaban J connectivity index is 3.59. The van der Waals surface area contributed by atoms with E-state index in [1.165, 1.54) is 13.0 Å². The lowest BCUT2D eigenvalue weighted by atomic mass is 10.3. The maximum Gasteiger partial charge on any atom is 0.302 e. The SMILES string of the molecule is C=CC(=O)N(CC)CCCCOC(C)=O. The number of hydrogen-bond donors (Lipinski definition) is 0. The number of carbonyl (C=O) groups excluding carboxylic acids is 2. The molecule has 0 saturated heterocycles. The van der Waals surface area contributed by atoms with Gasteiger partial charge in [-0.15, -0.1) is 0 Å². The van der Waals surface area contributed by atoms with Gasteiger partial charge in [-0.1, -0.05) is 6.58 Å². The van der Waals surface area contributed by atoms with Gasteiger partial charge in [0, 0.05) is 20.0 Å². The summed E-state index contributed by atoms with van der Waals surface area (Å²) < 4.78 is 4.78. The first-order valence-corrected chi connectivity index (χ1v) is 5.16. The zero-order chi connectivity index (χ0) is 11.7. The summed E-state index contributed by atoms with van der Waals surface area (Å²) in [5, 5.41) is 0. The summed E-state index contributed by atoms with van der Waals surface area (Å²) in [6.07, 6.45) is 2.93. The van der Waals surface area contributed by atoms with E-state index in [4.69, 9.17) is 4.74 Å². The lowest BCUT2D eigenvalue weighted by Gasteiger charge is -2.18. The van der Waals surface area contributed by atoms with Gasteiger partial charge in [0.2, 0.25) is 5.91 Å². The molecule has 4 nitrogen and oxygen atoms in total. The molecule has 0 aliphatic heterocycles. The molecule has 0 radical (unpaired) electrons. The Kier molecular flexibility index (Phi) is 7.32. The smallest absolute Gasteiger partial charge is 0.302 e. The van der Waals surface area contributed by atoms with Crippen LogP contribution in [0.15, 0.2) is 12.7 Å². The van der Waals surface area contributed by atoms with Crippen LogP contribution in [0.3, 0.4) is 0 Å². The minimum atomic E-state index is -0.260. The van der Waals surface area contributed by atoms with Crippen molar-refractivity contribution < 1.29 is 14.3 Å². The van der Waals surface area contributed by atoms with Crippen molar-refractivity contribution in [1.29, 1.82) is 0 Å². The molecule has 0 saturated carbocycles. The first-order chi connectivity index (χ1) is 7.11. The molecule has 0 unspecified atom stereocenters. The van der Waals surface area contributed by atoms with Crippen molar-refractivity contribution in [1.82, 2.24) is 4.90 Å². The van der Waals surface area contributed by atoms with Gasteiger partial charge in [0.1, 0.15) is 0 Å². The molecule has 0 aromatic heterocycles. The third-order valence-electron chi connectivity index (χ3n) is 2.00. The van der Waals surface area contributed by atoms with Crippen molar-refractivity contribution >= 4 is 11.9 Å². The van der Waals surface area contributed by atoms with Crippen LogP contribution in [-0.4, -0.2) is 36.5 Å². The third-order valence-corrected chi connectivity index (χ3v) is 2.00. The summed E-state index contributed by atoms with van der Waals surface area (Å²) in [4.78, 5) is 23.4. The highest BCUT2D eigenvalue weighted by Crippen LogP contribution is 1.97. The van der Waals surface area contributed by atoms with Gasteiger partial charge in [0.05, 0.1) is 6.61 Å². The van der Waals surface area contributed by atoms with Crippen molar-refractivity contribution in [2.45, 2.75) is 26.7 Å². The van der Waals surface area contributed by atoms with Gasteiger partial charge < -0.3 is 9.64 Å². The van der Waals surface area contributed by atoms with Crippen LogP contribution in [-0.2, 0) is 14.3 Å². The second kappa shape index (κ2) is 8.03. The van der Waals surface area contributed by atoms with Crippen LogP contribution in [0.25, 0.3) is 0 Å². The fourth-order valence-electron chi connectivity index (χ4n) is 1.17. The Morgan fingerprint density at radius 2 is 2.07 bits per heavy atom. The molecule has 0 heterocycles. The molecular formula is C11H19NO3. The topological polar surface area (TPSA) is 46.6 Å². The highest BCUT2D eigenvalue weighted by atomic mass is 16.5. The van der Waals surface area contributed by atoms with Crippen molar-refractivity contribution in [2.75, 3.05) is 19.7 Å². The van der Waals surface area contributed by atoms with Crippen molar-refractivity contribution in [3.63, 3.8) is 0 Å². The lowest BCUT2D eigenvalue weighted by molar-refractivity contribution is -0.141. The minimum Gasteiger partial charge on any atom is -0.466 e. The van der Waals surface area contributed by atoms with E-state index in [9.17, 15) is 9.59 Å². The van der Waals surface area contributed by atoms with Crippen LogP contribution in [0.4, 0.5) is 0 Å². The monoisotopic (exact) mass is 213 g/mol. The maximum absolute atomic E-state index is 11.2. The molecule has 0 rings (SSSR count). The summed E-state index contributed by atoms with van der Waals surface area (Å²) in [5.74, 6) is -0.311. The summed E-state index contributed by atoms with van der Waals surface area (Å²) >= 11 is 0. The van der Waals surface area contributed by atoms with Gasteiger partial charge >= 0.3 is 5.97 Å². The quantitative estimate of drug-likeness (QED) is 0.364. The van der Waals surface area contributed by atoms with E-state index in [0.29, 0.717) is 19.7 Å². The molecule has 4 heteroatoms. The van der Waals surface area contributed by atoms with E-state index in [2.05, 4.69) is 6.58 Å². The van der Waals surface area contributed by atoms with Crippen LogP contribution in [0, 0.1) is 0 Å². The van der Waals surface area contributed by atoms with E-state index in [1.54, 1.807) is 4.90 Å². The van der Waals surface area contributed by atoms with E-state index >= 15 is 0 Å². The number of ether oxygens (including phenoxy) is 1. The number of amides is 1. The van der Waals surface area contributed by atoms with Crippen molar-refractivity contribution in [2.24, 2.45) is 0 Å². The molecule has 0 N–H and O–H groups in total.